The maximum Gasteiger partial charge on any atom is 0.330 e. The van der Waals surface area contributed by atoms with Gasteiger partial charge in [-0.25, -0.2) is 4.79 Å². The van der Waals surface area contributed by atoms with E-state index in [4.69, 9.17) is 27.5 Å². The highest BCUT2D eigenvalue weighted by molar-refractivity contribution is 6.31. The largest absolute Gasteiger partial charge is 0.490 e. The Labute approximate surface area is 196 Å². The van der Waals surface area contributed by atoms with Gasteiger partial charge in [0.1, 0.15) is 18.2 Å². The van der Waals surface area contributed by atoms with Gasteiger partial charge < -0.3 is 26.0 Å². The number of ether oxygens (including phenoxy) is 1. The fourth-order valence-electron chi connectivity index (χ4n) is 3.22. The summed E-state index contributed by atoms with van der Waals surface area (Å²) >= 11 is 6.35. The fourth-order valence-corrected chi connectivity index (χ4v) is 3.46. The maximum absolute atomic E-state index is 12.2. The van der Waals surface area contributed by atoms with Crippen molar-refractivity contribution < 1.29 is 19.7 Å². The molecule has 0 saturated heterocycles. The number of hydrogen-bond donors (Lipinski definition) is 5. The summed E-state index contributed by atoms with van der Waals surface area (Å²) in [5.74, 6) is -0.915. The number of nitrogens with one attached hydrogen (secondary N) is 2. The first-order valence-electron chi connectivity index (χ1n) is 10.1. The predicted molar refractivity (Wildman–Crippen MR) is 131 cm³/mol. The minimum absolute atomic E-state index is 0.0134. The molecule has 3 aromatic rings. The number of aliphatic hydroxyl groups is 1. The van der Waals surface area contributed by atoms with Crippen molar-refractivity contribution >= 4 is 41.2 Å². The van der Waals surface area contributed by atoms with Crippen LogP contribution in [0.3, 0.4) is 0 Å². The van der Waals surface area contributed by atoms with Crippen LogP contribution in [0.25, 0.3) is 12.2 Å². The molecule has 0 bridgehead atoms. The van der Waals surface area contributed by atoms with Gasteiger partial charge in [-0.2, -0.15) is 0 Å². The topological polar surface area (TPSA) is 129 Å². The van der Waals surface area contributed by atoms with Crippen LogP contribution in [0.2, 0.25) is 5.02 Å². The number of aliphatic carboxylic acids is 1. The molecule has 0 radical (unpaired) electrons. The number of carboxylic acid groups (broad SMARTS) is 1. The third-order valence-electron chi connectivity index (χ3n) is 4.77. The van der Waals surface area contributed by atoms with Crippen molar-refractivity contribution in [3.63, 3.8) is 0 Å². The summed E-state index contributed by atoms with van der Waals surface area (Å²) in [4.78, 5) is 12.2. The second kappa shape index (κ2) is 11.2. The number of halogens is 1. The quantitative estimate of drug-likeness (QED) is 0.171. The van der Waals surface area contributed by atoms with Gasteiger partial charge in [-0.1, -0.05) is 54.1 Å². The molecule has 0 aliphatic carbocycles. The van der Waals surface area contributed by atoms with Gasteiger partial charge in [-0.15, -0.1) is 0 Å². The van der Waals surface area contributed by atoms with Crippen molar-refractivity contribution in [3.05, 3.63) is 94.0 Å². The highest BCUT2D eigenvalue weighted by Gasteiger charge is 2.26. The van der Waals surface area contributed by atoms with Crippen LogP contribution in [0.4, 0.5) is 5.69 Å². The summed E-state index contributed by atoms with van der Waals surface area (Å²) in [6.45, 7) is -0.248. The lowest BCUT2D eigenvalue weighted by Gasteiger charge is -2.21. The van der Waals surface area contributed by atoms with Gasteiger partial charge in [0.05, 0.1) is 6.61 Å². The highest BCUT2D eigenvalue weighted by atomic mass is 35.5. The number of anilines is 1. The lowest BCUT2D eigenvalue weighted by atomic mass is 10.00. The van der Waals surface area contributed by atoms with Crippen LogP contribution in [0.15, 0.2) is 66.7 Å². The molecule has 1 atom stereocenters. The van der Waals surface area contributed by atoms with Gasteiger partial charge in [-0.05, 0) is 42.0 Å². The van der Waals surface area contributed by atoms with Crippen LogP contribution >= 0.6 is 11.6 Å². The van der Waals surface area contributed by atoms with Crippen LogP contribution < -0.4 is 15.8 Å². The number of hydrogen-bond acceptors (Lipinski definition) is 5. The van der Waals surface area contributed by atoms with Gasteiger partial charge in [0.2, 0.25) is 0 Å². The van der Waals surface area contributed by atoms with Crippen molar-refractivity contribution in [3.8, 4) is 5.75 Å². The molecule has 170 valence electrons. The molecule has 33 heavy (non-hydrogen) atoms. The molecule has 8 heteroatoms. The molecule has 0 saturated carbocycles. The summed E-state index contributed by atoms with van der Waals surface area (Å²) in [6.07, 6.45) is 3.66. The maximum atomic E-state index is 12.2. The number of nitrogen functional groups attached to an aromatic ring is 1. The zero-order chi connectivity index (χ0) is 23.8. The first-order valence-corrected chi connectivity index (χ1v) is 10.5. The fraction of sp³-hybridized carbons (Fsp3) is 0.120. The molecular weight excluding hydrogens is 442 g/mol. The Morgan fingerprint density at radius 1 is 1.12 bits per heavy atom. The normalized spacial score (nSPS) is 11.8. The SMILES string of the molecule is N=C(N)c1ccc(NC(C(=O)O)c2cc(Cl)cc(/C=C\c3ccccc3)c2OCCO)cc1. The van der Waals surface area contributed by atoms with Gasteiger partial charge in [0, 0.05) is 27.4 Å². The molecule has 7 nitrogen and oxygen atoms in total. The number of rotatable bonds is 10. The van der Waals surface area contributed by atoms with E-state index in [0.717, 1.165) is 5.56 Å². The monoisotopic (exact) mass is 465 g/mol. The first-order chi connectivity index (χ1) is 15.9. The van der Waals surface area contributed by atoms with Crippen molar-refractivity contribution in [1.82, 2.24) is 0 Å². The van der Waals surface area contributed by atoms with Crippen molar-refractivity contribution in [2.75, 3.05) is 18.5 Å². The van der Waals surface area contributed by atoms with E-state index in [9.17, 15) is 15.0 Å². The third kappa shape index (κ3) is 6.35. The number of carboxylic acids is 1. The summed E-state index contributed by atoms with van der Waals surface area (Å²) < 4.78 is 5.77. The zero-order valence-corrected chi connectivity index (χ0v) is 18.4. The molecule has 0 amide bonds. The second-order valence-corrected chi connectivity index (χ2v) is 7.57. The number of amidine groups is 1. The van der Waals surface area contributed by atoms with Crippen LogP contribution in [0.1, 0.15) is 28.3 Å². The lowest BCUT2D eigenvalue weighted by Crippen LogP contribution is -2.22. The van der Waals surface area contributed by atoms with Gasteiger partial charge in [0.15, 0.2) is 6.04 Å². The molecular formula is C25H24ClN3O4. The van der Waals surface area contributed by atoms with E-state index >= 15 is 0 Å². The van der Waals surface area contributed by atoms with E-state index in [1.165, 1.54) is 6.07 Å². The Balaban J connectivity index is 2.03. The molecule has 0 aliphatic heterocycles. The van der Waals surface area contributed by atoms with E-state index in [-0.39, 0.29) is 19.0 Å². The third-order valence-corrected chi connectivity index (χ3v) is 4.99. The van der Waals surface area contributed by atoms with Crippen LogP contribution in [-0.2, 0) is 4.79 Å². The zero-order valence-electron chi connectivity index (χ0n) is 17.7. The van der Waals surface area contributed by atoms with Crippen molar-refractivity contribution in [2.24, 2.45) is 5.73 Å². The van der Waals surface area contributed by atoms with Gasteiger partial charge >= 0.3 is 5.97 Å². The molecule has 0 aromatic heterocycles. The average molecular weight is 466 g/mol. The summed E-state index contributed by atoms with van der Waals surface area (Å²) in [5, 5.41) is 30.1. The summed E-state index contributed by atoms with van der Waals surface area (Å²) in [6, 6.07) is 18.1. The number of carbonyl (C=O) groups is 1. The Bertz CT molecular complexity index is 1150. The van der Waals surface area contributed by atoms with Crippen LogP contribution in [0, 0.1) is 5.41 Å². The van der Waals surface area contributed by atoms with E-state index in [1.807, 2.05) is 36.4 Å². The van der Waals surface area contributed by atoms with Gasteiger partial charge in [0.25, 0.3) is 0 Å². The minimum atomic E-state index is -1.19. The van der Waals surface area contributed by atoms with Crippen LogP contribution in [0.5, 0.6) is 5.75 Å². The molecule has 1 unspecified atom stereocenters. The first kappa shape index (κ1) is 23.8. The molecule has 6 N–H and O–H groups in total. The molecule has 3 aromatic carbocycles. The lowest BCUT2D eigenvalue weighted by molar-refractivity contribution is -0.138. The second-order valence-electron chi connectivity index (χ2n) is 7.14. The standard InChI is InChI=1S/C25H24ClN3O4/c26-19-14-18(7-6-16-4-2-1-3-5-16)23(33-13-12-30)21(15-19)22(25(31)32)29-20-10-8-17(9-11-20)24(27)28/h1-11,14-15,22,29-30H,12-13H2,(H3,27,28)(H,31,32)/b7-6-. The molecule has 0 spiro atoms. The summed E-state index contributed by atoms with van der Waals surface area (Å²) in [5.41, 5.74) is 8.36. The van der Waals surface area contributed by atoms with E-state index in [2.05, 4.69) is 5.32 Å². The highest BCUT2D eigenvalue weighted by Crippen LogP contribution is 2.36. The summed E-state index contributed by atoms with van der Waals surface area (Å²) in [7, 11) is 0. The number of aliphatic hydroxyl groups excluding tert-OH is 1. The Morgan fingerprint density at radius 2 is 1.82 bits per heavy atom. The molecule has 3 rings (SSSR count). The number of benzene rings is 3. The Morgan fingerprint density at radius 3 is 2.42 bits per heavy atom. The van der Waals surface area contributed by atoms with Crippen molar-refractivity contribution in [2.45, 2.75) is 6.04 Å². The molecule has 0 fully saturated rings. The van der Waals surface area contributed by atoms with Crippen molar-refractivity contribution in [1.29, 1.82) is 5.41 Å². The average Bonchev–Trinajstić information content (AvgIpc) is 2.81. The van der Waals surface area contributed by atoms with Gasteiger partial charge in [-0.3, -0.25) is 5.41 Å². The molecule has 0 heterocycles. The van der Waals surface area contributed by atoms with E-state index in [1.54, 1.807) is 36.4 Å². The Kier molecular flexibility index (Phi) is 8.07. The van der Waals surface area contributed by atoms with E-state index < -0.39 is 12.0 Å². The number of nitrogens with two attached hydrogens (primary N) is 1. The predicted octanol–water partition coefficient (Wildman–Crippen LogP) is 4.40. The van der Waals surface area contributed by atoms with Crippen LogP contribution in [-0.4, -0.2) is 35.2 Å². The molecule has 0 aliphatic rings. The Hall–Kier alpha value is -3.81. The minimum Gasteiger partial charge on any atom is -0.490 e. The van der Waals surface area contributed by atoms with E-state index in [0.29, 0.717) is 33.1 Å². The smallest absolute Gasteiger partial charge is 0.330 e.